The maximum atomic E-state index is 12.5. The van der Waals surface area contributed by atoms with E-state index in [-0.39, 0.29) is 12.1 Å². The lowest BCUT2D eigenvalue weighted by atomic mass is 10.1. The lowest BCUT2D eigenvalue weighted by Gasteiger charge is -2.31. The molecule has 2 amide bonds. The first-order chi connectivity index (χ1) is 10.4. The first-order valence-electron chi connectivity index (χ1n) is 6.96. The number of rotatable bonds is 2. The van der Waals surface area contributed by atoms with Gasteiger partial charge in [0, 0.05) is 19.3 Å². The summed E-state index contributed by atoms with van der Waals surface area (Å²) in [4.78, 5) is 13.5. The number of amides is 2. The minimum absolute atomic E-state index is 0.115. The van der Waals surface area contributed by atoms with Crippen LogP contribution in [0.1, 0.15) is 31.5 Å². The van der Waals surface area contributed by atoms with Crippen molar-refractivity contribution >= 4 is 6.03 Å². The largest absolute Gasteiger partial charge is 0.435 e. The quantitative estimate of drug-likeness (QED) is 0.852. The van der Waals surface area contributed by atoms with Crippen molar-refractivity contribution in [1.29, 1.82) is 0 Å². The normalized spacial score (nSPS) is 16.1. The van der Waals surface area contributed by atoms with Gasteiger partial charge in [-0.2, -0.15) is 18.3 Å². The molecule has 5 nitrogen and oxygen atoms in total. The van der Waals surface area contributed by atoms with E-state index in [9.17, 15) is 18.0 Å². The van der Waals surface area contributed by atoms with Gasteiger partial charge >= 0.3 is 12.2 Å². The molecule has 1 aromatic rings. The summed E-state index contributed by atoms with van der Waals surface area (Å²) >= 11 is 0. The predicted molar refractivity (Wildman–Crippen MR) is 73.9 cm³/mol. The van der Waals surface area contributed by atoms with Crippen LogP contribution in [0.2, 0.25) is 0 Å². The van der Waals surface area contributed by atoms with Crippen molar-refractivity contribution in [3.8, 4) is 11.8 Å². The predicted octanol–water partition coefficient (Wildman–Crippen LogP) is 2.27. The number of nitrogens with zero attached hydrogens (tertiary/aromatic N) is 3. The molecule has 0 radical (unpaired) electrons. The van der Waals surface area contributed by atoms with Gasteiger partial charge in [0.15, 0.2) is 5.69 Å². The molecule has 0 bridgehead atoms. The second kappa shape index (κ2) is 6.73. The number of alkyl halides is 3. The molecule has 22 heavy (non-hydrogen) atoms. The SMILES string of the molecule is CC#CCNC(=O)N1CCC(n2ccc(C(F)(F)F)n2)CC1. The number of piperidine rings is 1. The van der Waals surface area contributed by atoms with Gasteiger partial charge in [-0.05, 0) is 25.8 Å². The zero-order chi connectivity index (χ0) is 16.2. The molecule has 1 fully saturated rings. The average molecular weight is 314 g/mol. The smallest absolute Gasteiger partial charge is 0.327 e. The second-order valence-corrected chi connectivity index (χ2v) is 4.98. The molecule has 0 saturated carbocycles. The van der Waals surface area contributed by atoms with Crippen molar-refractivity contribution in [2.45, 2.75) is 32.0 Å². The summed E-state index contributed by atoms with van der Waals surface area (Å²) in [5, 5.41) is 6.26. The van der Waals surface area contributed by atoms with Crippen molar-refractivity contribution in [3.05, 3.63) is 18.0 Å². The molecular formula is C14H17F3N4O. The van der Waals surface area contributed by atoms with Gasteiger partial charge in [-0.1, -0.05) is 5.92 Å². The Hall–Kier alpha value is -2.17. The molecule has 0 atom stereocenters. The number of hydrogen-bond donors (Lipinski definition) is 1. The minimum atomic E-state index is -4.42. The van der Waals surface area contributed by atoms with Crippen LogP contribution in [0.15, 0.2) is 12.3 Å². The number of carbonyl (C=O) groups excluding carboxylic acids is 1. The van der Waals surface area contributed by atoms with E-state index in [0.717, 1.165) is 6.07 Å². The van der Waals surface area contributed by atoms with Gasteiger partial charge < -0.3 is 10.2 Å². The Morgan fingerprint density at radius 2 is 2.14 bits per heavy atom. The van der Waals surface area contributed by atoms with Gasteiger partial charge in [0.25, 0.3) is 0 Å². The molecule has 1 aromatic heterocycles. The fourth-order valence-corrected chi connectivity index (χ4v) is 2.35. The summed E-state index contributed by atoms with van der Waals surface area (Å²) in [6.45, 7) is 2.95. The Kier molecular flexibility index (Phi) is 4.96. The van der Waals surface area contributed by atoms with E-state index in [1.165, 1.54) is 10.9 Å². The molecule has 120 valence electrons. The first kappa shape index (κ1) is 16.2. The van der Waals surface area contributed by atoms with Crippen LogP contribution in [0.4, 0.5) is 18.0 Å². The third-order valence-corrected chi connectivity index (χ3v) is 3.53. The van der Waals surface area contributed by atoms with E-state index in [2.05, 4.69) is 22.3 Å². The van der Waals surface area contributed by atoms with Crippen LogP contribution in [0.5, 0.6) is 0 Å². The maximum Gasteiger partial charge on any atom is 0.435 e. The van der Waals surface area contributed by atoms with E-state index in [0.29, 0.717) is 32.5 Å². The number of likely N-dealkylation sites (tertiary alicyclic amines) is 1. The number of carbonyl (C=O) groups is 1. The molecule has 0 aromatic carbocycles. The fraction of sp³-hybridized carbons (Fsp3) is 0.571. The van der Waals surface area contributed by atoms with E-state index in [4.69, 9.17) is 0 Å². The van der Waals surface area contributed by atoms with Gasteiger partial charge in [0.05, 0.1) is 12.6 Å². The number of urea groups is 1. The highest BCUT2D eigenvalue weighted by Gasteiger charge is 2.34. The molecule has 1 aliphatic heterocycles. The summed E-state index contributed by atoms with van der Waals surface area (Å²) in [6, 6.07) is 0.663. The van der Waals surface area contributed by atoms with Crippen molar-refractivity contribution in [3.63, 3.8) is 0 Å². The summed E-state index contributed by atoms with van der Waals surface area (Å²) in [6.07, 6.45) is -1.93. The highest BCUT2D eigenvalue weighted by molar-refractivity contribution is 5.74. The monoisotopic (exact) mass is 314 g/mol. The Labute approximate surface area is 126 Å². The highest BCUT2D eigenvalue weighted by Crippen LogP contribution is 2.29. The van der Waals surface area contributed by atoms with Crippen LogP contribution in [0.3, 0.4) is 0 Å². The summed E-state index contributed by atoms with van der Waals surface area (Å²) in [7, 11) is 0. The Morgan fingerprint density at radius 1 is 1.45 bits per heavy atom. The third kappa shape index (κ3) is 3.93. The van der Waals surface area contributed by atoms with Gasteiger partial charge in [-0.15, -0.1) is 5.92 Å². The van der Waals surface area contributed by atoms with Crippen LogP contribution in [-0.2, 0) is 6.18 Å². The minimum Gasteiger partial charge on any atom is -0.327 e. The third-order valence-electron chi connectivity index (χ3n) is 3.53. The topological polar surface area (TPSA) is 50.2 Å². The van der Waals surface area contributed by atoms with Gasteiger partial charge in [0.1, 0.15) is 0 Å². The van der Waals surface area contributed by atoms with Crippen molar-refractivity contribution in [1.82, 2.24) is 20.0 Å². The van der Waals surface area contributed by atoms with Gasteiger partial charge in [-0.25, -0.2) is 4.79 Å². The molecule has 8 heteroatoms. The van der Waals surface area contributed by atoms with E-state index in [1.54, 1.807) is 11.8 Å². The van der Waals surface area contributed by atoms with E-state index >= 15 is 0 Å². The molecule has 0 spiro atoms. The molecule has 2 heterocycles. The number of aromatic nitrogens is 2. The number of hydrogen-bond acceptors (Lipinski definition) is 2. The molecule has 0 unspecified atom stereocenters. The van der Waals surface area contributed by atoms with Crippen molar-refractivity contribution < 1.29 is 18.0 Å². The molecular weight excluding hydrogens is 297 g/mol. The van der Waals surface area contributed by atoms with Crippen molar-refractivity contribution in [2.75, 3.05) is 19.6 Å². The van der Waals surface area contributed by atoms with E-state index < -0.39 is 11.9 Å². The number of nitrogens with one attached hydrogen (secondary N) is 1. The average Bonchev–Trinajstić information content (AvgIpc) is 2.97. The molecule has 0 aliphatic carbocycles. The Morgan fingerprint density at radius 3 is 2.68 bits per heavy atom. The lowest BCUT2D eigenvalue weighted by Crippen LogP contribution is -2.44. The Balaban J connectivity index is 1.87. The first-order valence-corrected chi connectivity index (χ1v) is 6.96. The molecule has 1 N–H and O–H groups in total. The van der Waals surface area contributed by atoms with Crippen LogP contribution < -0.4 is 5.32 Å². The zero-order valence-corrected chi connectivity index (χ0v) is 12.2. The number of halogens is 3. The van der Waals surface area contributed by atoms with Crippen LogP contribution in [0, 0.1) is 11.8 Å². The zero-order valence-electron chi connectivity index (χ0n) is 12.2. The second-order valence-electron chi connectivity index (χ2n) is 4.98. The molecule has 2 rings (SSSR count). The summed E-state index contributed by atoms with van der Waals surface area (Å²) in [5.41, 5.74) is -0.884. The van der Waals surface area contributed by atoms with E-state index in [1.807, 2.05) is 0 Å². The van der Waals surface area contributed by atoms with Crippen LogP contribution in [0.25, 0.3) is 0 Å². The van der Waals surface area contributed by atoms with Crippen molar-refractivity contribution in [2.24, 2.45) is 0 Å². The standard InChI is InChI=1S/C14H17F3N4O/c1-2-3-7-18-13(22)20-8-4-11(5-9-20)21-10-6-12(19-21)14(15,16)17/h6,10-11H,4-5,7-9H2,1H3,(H,18,22). The van der Waals surface area contributed by atoms with Gasteiger partial charge in [0.2, 0.25) is 0 Å². The van der Waals surface area contributed by atoms with Crippen LogP contribution in [-0.4, -0.2) is 40.3 Å². The Bertz CT molecular complexity index is 577. The lowest BCUT2D eigenvalue weighted by molar-refractivity contribution is -0.141. The highest BCUT2D eigenvalue weighted by atomic mass is 19.4. The summed E-state index contributed by atoms with van der Waals surface area (Å²) in [5.74, 6) is 5.42. The summed E-state index contributed by atoms with van der Waals surface area (Å²) < 4.78 is 39.0. The maximum absolute atomic E-state index is 12.5. The molecule has 1 aliphatic rings. The van der Waals surface area contributed by atoms with Crippen LogP contribution >= 0.6 is 0 Å². The fourth-order valence-electron chi connectivity index (χ4n) is 2.35. The molecule has 1 saturated heterocycles. The van der Waals surface area contributed by atoms with Gasteiger partial charge in [-0.3, -0.25) is 4.68 Å².